The van der Waals surface area contributed by atoms with E-state index in [0.717, 1.165) is 69.6 Å². The molecule has 0 spiro atoms. The number of pyridine rings is 2. The van der Waals surface area contributed by atoms with Gasteiger partial charge in [0.15, 0.2) is 0 Å². The van der Waals surface area contributed by atoms with Crippen molar-refractivity contribution in [3.63, 3.8) is 0 Å². The molecule has 10 rings (SSSR count). The van der Waals surface area contributed by atoms with Crippen molar-refractivity contribution < 1.29 is 38.7 Å². The number of nitrogens with one attached hydrogen (secondary N) is 2. The maximum Gasteiger partial charge on any atom is 0.258 e. The lowest BCUT2D eigenvalue weighted by molar-refractivity contribution is 0.0446. The number of carbonyl (C=O) groups excluding carboxylic acids is 2. The van der Waals surface area contributed by atoms with Gasteiger partial charge in [-0.25, -0.2) is 0 Å². The fraction of sp³-hybridized carbons (Fsp3) is 0.364. The number of morpholine rings is 2. The third kappa shape index (κ3) is 8.62. The SMILES string of the molecule is C[C@@]1(CO)Cc2cc(NC(=O)c3csc4cc(Cl)cnc34)c(N3CCOCC3)cc2O1.C[C@]1(CO)Cc2cc(NC(=O)c3csc4cc(Cl)cnc34)c(N3CCOCC3)cc2O1. The molecule has 62 heavy (non-hydrogen) atoms. The minimum atomic E-state index is -0.653. The quantitative estimate of drug-likeness (QED) is 0.119. The Bertz CT molecular complexity index is 2500. The van der Waals surface area contributed by atoms with Gasteiger partial charge in [-0.1, -0.05) is 23.2 Å². The number of aliphatic hydroxyl groups is 2. The highest BCUT2D eigenvalue weighted by molar-refractivity contribution is 7.18. The van der Waals surface area contributed by atoms with E-state index in [1.807, 2.05) is 50.2 Å². The summed E-state index contributed by atoms with van der Waals surface area (Å²) in [5.41, 5.74) is 6.11. The van der Waals surface area contributed by atoms with Crippen LogP contribution in [0.5, 0.6) is 11.5 Å². The summed E-state index contributed by atoms with van der Waals surface area (Å²) in [6, 6.07) is 11.5. The average Bonchev–Trinajstić information content (AvgIpc) is 4.06. The van der Waals surface area contributed by atoms with Crippen LogP contribution in [0.1, 0.15) is 45.7 Å². The van der Waals surface area contributed by atoms with Crippen molar-refractivity contribution in [2.24, 2.45) is 0 Å². The normalized spacial score (nSPS) is 20.5. The van der Waals surface area contributed by atoms with Crippen LogP contribution < -0.4 is 29.9 Å². The van der Waals surface area contributed by atoms with Gasteiger partial charge in [0.05, 0.1) is 104 Å². The van der Waals surface area contributed by atoms with Crippen LogP contribution in [0.4, 0.5) is 22.7 Å². The molecule has 0 aliphatic carbocycles. The number of anilines is 4. The Hall–Kier alpha value is -4.78. The Labute approximate surface area is 375 Å². The van der Waals surface area contributed by atoms with Crippen molar-refractivity contribution in [2.45, 2.75) is 37.9 Å². The van der Waals surface area contributed by atoms with Crippen molar-refractivity contribution in [1.82, 2.24) is 9.97 Å². The Morgan fingerprint density at radius 2 is 1.08 bits per heavy atom. The van der Waals surface area contributed by atoms with E-state index in [9.17, 15) is 19.8 Å². The molecule has 0 bridgehead atoms. The van der Waals surface area contributed by atoms with Gasteiger partial charge in [-0.3, -0.25) is 19.6 Å². The van der Waals surface area contributed by atoms with E-state index in [1.165, 1.54) is 22.7 Å². The Morgan fingerprint density at radius 3 is 1.47 bits per heavy atom. The number of nitrogens with zero attached hydrogens (tertiary/aromatic N) is 4. The molecule has 4 aromatic heterocycles. The van der Waals surface area contributed by atoms with Gasteiger partial charge in [-0.2, -0.15) is 0 Å². The van der Waals surface area contributed by atoms with Crippen molar-refractivity contribution in [3.8, 4) is 11.5 Å². The van der Waals surface area contributed by atoms with Crippen LogP contribution in [0.25, 0.3) is 20.4 Å². The number of thiophene rings is 2. The molecule has 2 saturated heterocycles. The van der Waals surface area contributed by atoms with Crippen molar-refractivity contribution in [1.29, 1.82) is 0 Å². The van der Waals surface area contributed by atoms with Gasteiger partial charge in [0.1, 0.15) is 22.7 Å². The number of aliphatic hydroxyl groups excluding tert-OH is 2. The van der Waals surface area contributed by atoms with E-state index < -0.39 is 11.2 Å². The van der Waals surface area contributed by atoms with Gasteiger partial charge in [-0.15, -0.1) is 22.7 Å². The Kier molecular flexibility index (Phi) is 11.9. The summed E-state index contributed by atoms with van der Waals surface area (Å²) in [6.07, 6.45) is 4.25. The molecule has 2 aromatic carbocycles. The molecular weight excluding hydrogens is 876 g/mol. The molecule has 14 nitrogen and oxygen atoms in total. The van der Waals surface area contributed by atoms with E-state index >= 15 is 0 Å². The standard InChI is InChI=1S/2C22H22ClN3O4S/c2*1-22(12-27)9-13-6-16(17(8-18(13)30-22)26-2-4-29-5-3-26)25-21(28)15-11-31-19-7-14(23)10-24-20(15)19/h2*6-8,10-11,27H,2-5,9,12H2,1H3,(H,25,28)/t2*22-/m10/s1. The number of ether oxygens (including phenoxy) is 4. The molecule has 0 saturated carbocycles. The average molecular weight is 920 g/mol. The maximum absolute atomic E-state index is 13.2. The van der Waals surface area contributed by atoms with Crippen LogP contribution in [-0.4, -0.2) is 109 Å². The molecule has 6 aromatic rings. The zero-order chi connectivity index (χ0) is 43.2. The zero-order valence-corrected chi connectivity index (χ0v) is 37.1. The minimum Gasteiger partial charge on any atom is -0.484 e. The van der Waals surface area contributed by atoms with Crippen LogP contribution in [0.2, 0.25) is 10.0 Å². The Balaban J connectivity index is 0.000000158. The first kappa shape index (κ1) is 42.5. The summed E-state index contributed by atoms with van der Waals surface area (Å²) in [5.74, 6) is 1.04. The fourth-order valence-corrected chi connectivity index (χ4v) is 10.4. The number of benzene rings is 2. The lowest BCUT2D eigenvalue weighted by Crippen LogP contribution is -2.36. The number of hydrogen-bond acceptors (Lipinski definition) is 14. The van der Waals surface area contributed by atoms with Crippen LogP contribution >= 0.6 is 45.9 Å². The van der Waals surface area contributed by atoms with Crippen LogP contribution in [0.3, 0.4) is 0 Å². The molecule has 2 fully saturated rings. The first-order valence-electron chi connectivity index (χ1n) is 20.2. The summed E-state index contributed by atoms with van der Waals surface area (Å²) < 4.78 is 24.8. The number of halogens is 2. The van der Waals surface area contributed by atoms with E-state index in [2.05, 4.69) is 30.4 Å². The third-order valence-electron chi connectivity index (χ3n) is 11.3. The zero-order valence-electron chi connectivity index (χ0n) is 34.0. The molecule has 0 radical (unpaired) electrons. The molecular formula is C44H44Cl2N6O8S2. The van der Waals surface area contributed by atoms with E-state index in [0.29, 0.717) is 82.8 Å². The lowest BCUT2D eigenvalue weighted by atomic mass is 9.99. The summed E-state index contributed by atoms with van der Waals surface area (Å²) in [4.78, 5) is 39.5. The van der Waals surface area contributed by atoms with Crippen molar-refractivity contribution in [2.75, 3.05) is 86.3 Å². The predicted octanol–water partition coefficient (Wildman–Crippen LogP) is 7.45. The largest absolute Gasteiger partial charge is 0.484 e. The van der Waals surface area contributed by atoms with Gasteiger partial charge >= 0.3 is 0 Å². The molecule has 2 amide bonds. The van der Waals surface area contributed by atoms with E-state index in [4.69, 9.17) is 42.1 Å². The highest BCUT2D eigenvalue weighted by Gasteiger charge is 2.37. The highest BCUT2D eigenvalue weighted by atomic mass is 35.5. The van der Waals surface area contributed by atoms with E-state index in [1.54, 1.807) is 23.2 Å². The molecule has 4 aliphatic heterocycles. The summed E-state index contributed by atoms with van der Waals surface area (Å²) in [6.45, 7) is 9.00. The molecule has 324 valence electrons. The molecule has 4 aliphatic rings. The molecule has 0 unspecified atom stereocenters. The number of rotatable bonds is 8. The van der Waals surface area contributed by atoms with Gasteiger partial charge in [0, 0.05) is 85.4 Å². The molecule has 2 atom stereocenters. The number of carbonyl (C=O) groups is 2. The fourth-order valence-electron chi connectivity index (χ4n) is 8.09. The van der Waals surface area contributed by atoms with Crippen molar-refractivity contribution >= 4 is 101 Å². The molecule has 8 heterocycles. The smallest absolute Gasteiger partial charge is 0.258 e. The minimum absolute atomic E-state index is 0.0780. The van der Waals surface area contributed by atoms with Crippen molar-refractivity contribution in [3.05, 3.63) is 91.9 Å². The maximum atomic E-state index is 13.2. The van der Waals surface area contributed by atoms with Gasteiger partial charge in [-0.05, 0) is 38.1 Å². The number of amides is 2. The second kappa shape index (κ2) is 17.4. The van der Waals surface area contributed by atoms with Crippen LogP contribution in [0.15, 0.2) is 59.6 Å². The third-order valence-corrected chi connectivity index (χ3v) is 13.6. The predicted molar refractivity (Wildman–Crippen MR) is 244 cm³/mol. The van der Waals surface area contributed by atoms with Crippen LogP contribution in [0, 0.1) is 0 Å². The number of fused-ring (bicyclic) bond motifs is 4. The lowest BCUT2D eigenvalue weighted by Gasteiger charge is -2.31. The number of hydrogen-bond donors (Lipinski definition) is 4. The monoisotopic (exact) mass is 918 g/mol. The molecule has 4 N–H and O–H groups in total. The summed E-state index contributed by atoms with van der Waals surface area (Å²) >= 11 is 14.9. The Morgan fingerprint density at radius 1 is 0.677 bits per heavy atom. The number of aromatic nitrogens is 2. The summed E-state index contributed by atoms with van der Waals surface area (Å²) in [5, 5.41) is 30.3. The van der Waals surface area contributed by atoms with Crippen LogP contribution in [-0.2, 0) is 22.3 Å². The van der Waals surface area contributed by atoms with E-state index in [-0.39, 0.29) is 25.0 Å². The second-order valence-corrected chi connectivity index (χ2v) is 18.8. The summed E-state index contributed by atoms with van der Waals surface area (Å²) in [7, 11) is 0. The van der Waals surface area contributed by atoms with Gasteiger partial charge in [0.2, 0.25) is 0 Å². The first-order chi connectivity index (χ1) is 29.9. The first-order valence-corrected chi connectivity index (χ1v) is 22.7. The highest BCUT2D eigenvalue weighted by Crippen LogP contribution is 2.44. The molecule has 18 heteroatoms. The van der Waals surface area contributed by atoms with Gasteiger partial charge in [0.25, 0.3) is 11.8 Å². The topological polar surface area (TPSA) is 168 Å². The van der Waals surface area contributed by atoms with Gasteiger partial charge < -0.3 is 49.6 Å². The second-order valence-electron chi connectivity index (χ2n) is 16.1.